The number of aryl methyl sites for hydroxylation is 2. The van der Waals surface area contributed by atoms with Crippen LogP contribution in [0.3, 0.4) is 0 Å². The van der Waals surface area contributed by atoms with Crippen LogP contribution in [0.15, 0.2) is 36.7 Å². The molecule has 0 aromatic carbocycles. The van der Waals surface area contributed by atoms with Gasteiger partial charge in [-0.25, -0.2) is 0 Å². The van der Waals surface area contributed by atoms with Crippen LogP contribution in [0.2, 0.25) is 0 Å². The van der Waals surface area contributed by atoms with Crippen LogP contribution in [0.4, 0.5) is 0 Å². The Labute approximate surface area is 142 Å². The Morgan fingerprint density at radius 3 is 1.23 bits per heavy atom. The normalized spacial score (nSPS) is 7.00. The van der Waals surface area contributed by atoms with Crippen molar-refractivity contribution in [3.05, 3.63) is 55.2 Å². The predicted molar refractivity (Wildman–Crippen MR) is 83.6 cm³/mol. The second kappa shape index (κ2) is 18.8. The van der Waals surface area contributed by atoms with Crippen LogP contribution in [-0.2, 0) is 31.5 Å². The summed E-state index contributed by atoms with van der Waals surface area (Å²) in [4.78, 5) is 31.8. The molecule has 0 aliphatic carbocycles. The summed E-state index contributed by atoms with van der Waals surface area (Å²) in [5.74, 6) is 0. The number of nitrogens with zero attached hydrogens (tertiary/aromatic N) is 2. The van der Waals surface area contributed by atoms with Crippen LogP contribution in [0.1, 0.15) is 11.1 Å². The van der Waals surface area contributed by atoms with Gasteiger partial charge in [0.15, 0.2) is 0 Å². The van der Waals surface area contributed by atoms with Gasteiger partial charge in [0.25, 0.3) is 0 Å². The van der Waals surface area contributed by atoms with Crippen LogP contribution in [-0.4, -0.2) is 30.3 Å². The first-order valence-electron chi connectivity index (χ1n) is 5.32. The molecule has 0 spiro atoms. The van der Waals surface area contributed by atoms with Crippen molar-refractivity contribution in [1.82, 2.24) is 9.97 Å². The quantitative estimate of drug-likeness (QED) is 0.452. The average molecular weight is 341 g/mol. The molecule has 22 heavy (non-hydrogen) atoms. The van der Waals surface area contributed by atoms with Crippen LogP contribution < -0.4 is 0 Å². The molecule has 0 aliphatic heterocycles. The Kier molecular flexibility index (Phi) is 24.0. The molecule has 0 bridgehead atoms. The summed E-state index contributed by atoms with van der Waals surface area (Å²) < 4.78 is 0. The van der Waals surface area contributed by atoms with Crippen LogP contribution >= 0.6 is 0 Å². The van der Waals surface area contributed by atoms with Gasteiger partial charge in [-0.15, -0.1) is 0 Å². The van der Waals surface area contributed by atoms with Gasteiger partial charge >= 0.3 is 0 Å². The van der Waals surface area contributed by atoms with Gasteiger partial charge in [-0.2, -0.15) is 0 Å². The monoisotopic (exact) mass is 341 g/mol. The van der Waals surface area contributed by atoms with Crippen molar-refractivity contribution < 1.29 is 31.5 Å². The number of aromatic nitrogens is 2. The molecule has 2 aromatic rings. The SMILES string of the molecule is Cc1ccnc(-c2cc(C)ccn2)c1.[CH-]=O.[CH-]=O.[CH-]=O.[CH3-].[Mn]. The summed E-state index contributed by atoms with van der Waals surface area (Å²) in [6.45, 7) is 13.9. The van der Waals surface area contributed by atoms with Crippen LogP contribution in [0.5, 0.6) is 0 Å². The van der Waals surface area contributed by atoms with Crippen molar-refractivity contribution in [1.29, 1.82) is 0 Å². The van der Waals surface area contributed by atoms with Crippen molar-refractivity contribution in [2.45, 2.75) is 13.8 Å². The average Bonchev–Trinajstić information content (AvgIpc) is 2.53. The molecule has 0 saturated carbocycles. The molecule has 0 aliphatic rings. The van der Waals surface area contributed by atoms with Crippen molar-refractivity contribution in [3.8, 4) is 11.4 Å². The van der Waals surface area contributed by atoms with Crippen molar-refractivity contribution >= 4 is 20.4 Å². The fraction of sp³-hybridized carbons (Fsp3) is 0.125. The minimum atomic E-state index is 0. The van der Waals surface area contributed by atoms with Gasteiger partial charge in [0.2, 0.25) is 0 Å². The Morgan fingerprint density at radius 2 is 1.00 bits per heavy atom. The number of pyridine rings is 2. The Morgan fingerprint density at radius 1 is 0.727 bits per heavy atom. The van der Waals surface area contributed by atoms with Crippen LogP contribution in [0, 0.1) is 21.3 Å². The van der Waals surface area contributed by atoms with E-state index in [-0.39, 0.29) is 24.5 Å². The van der Waals surface area contributed by atoms with Crippen LogP contribution in [0.25, 0.3) is 11.4 Å². The van der Waals surface area contributed by atoms with Gasteiger partial charge in [-0.1, -0.05) is 0 Å². The smallest absolute Gasteiger partial charge is 0.0888 e. The van der Waals surface area contributed by atoms with Gasteiger partial charge < -0.3 is 21.8 Å². The molecule has 0 fully saturated rings. The van der Waals surface area contributed by atoms with E-state index in [2.05, 4.69) is 44.2 Å². The zero-order valence-electron chi connectivity index (χ0n) is 12.7. The first-order chi connectivity index (χ1) is 9.75. The molecule has 2 rings (SSSR count). The minimum Gasteiger partial charge on any atom is -0.545 e. The predicted octanol–water partition coefficient (Wildman–Crippen LogP) is 2.39. The van der Waals surface area contributed by atoms with Gasteiger partial charge in [-0.05, 0) is 49.2 Å². The second-order valence-electron chi connectivity index (χ2n) is 3.44. The van der Waals surface area contributed by atoms with E-state index in [1.54, 1.807) is 0 Å². The molecule has 1 radical (unpaired) electrons. The molecule has 0 saturated heterocycles. The molecular weight excluding hydrogens is 323 g/mol. The standard InChI is InChI=1S/C12H12N2.3CHO.CH3.Mn/c1-9-3-5-13-11(7-9)12-8-10(2)4-6-14-12;3*1-2;;/h3-8H,1-2H3;3*1H;1H3;/q;4*-1;. The Balaban J connectivity index is -0.000000182. The number of rotatable bonds is 1. The summed E-state index contributed by atoms with van der Waals surface area (Å²) in [6.07, 6.45) is 3.63. The van der Waals surface area contributed by atoms with Gasteiger partial charge in [0, 0.05) is 29.5 Å². The summed E-state index contributed by atoms with van der Waals surface area (Å²) >= 11 is 0. The molecule has 0 N–H and O–H groups in total. The fourth-order valence-electron chi connectivity index (χ4n) is 1.35. The van der Waals surface area contributed by atoms with E-state index in [9.17, 15) is 0 Å². The van der Waals surface area contributed by atoms with E-state index in [0.29, 0.717) is 0 Å². The Bertz CT molecular complexity index is 462. The molecule has 121 valence electrons. The maximum Gasteiger partial charge on any atom is 0.0888 e. The summed E-state index contributed by atoms with van der Waals surface area (Å²) in [5.41, 5.74) is 4.29. The van der Waals surface area contributed by atoms with E-state index in [1.165, 1.54) is 11.1 Å². The molecule has 5 nitrogen and oxygen atoms in total. The Hall–Kier alpha value is -2.17. The largest absolute Gasteiger partial charge is 0.545 e. The molecular formula is C16H18MnN2O3-4. The third kappa shape index (κ3) is 10.6. The summed E-state index contributed by atoms with van der Waals surface area (Å²) in [6, 6.07) is 8.06. The molecule has 2 aromatic heterocycles. The molecule has 0 atom stereocenters. The zero-order chi connectivity index (χ0) is 16.0. The summed E-state index contributed by atoms with van der Waals surface area (Å²) in [7, 11) is 0. The maximum atomic E-state index is 7.75. The van der Waals surface area contributed by atoms with E-state index >= 15 is 0 Å². The van der Waals surface area contributed by atoms with Gasteiger partial charge in [0.05, 0.1) is 11.4 Å². The zero-order valence-corrected chi connectivity index (χ0v) is 13.9. The molecule has 0 amide bonds. The number of carbonyl (C=O) groups excluding carboxylic acids is 3. The number of hydrogen-bond donors (Lipinski definition) is 0. The van der Waals surface area contributed by atoms with Gasteiger partial charge in [0.1, 0.15) is 0 Å². The topological polar surface area (TPSA) is 77.0 Å². The third-order valence-electron chi connectivity index (χ3n) is 2.09. The fourth-order valence-corrected chi connectivity index (χ4v) is 1.35. The minimum absolute atomic E-state index is 0. The second-order valence-corrected chi connectivity index (χ2v) is 3.44. The van der Waals surface area contributed by atoms with E-state index < -0.39 is 0 Å². The van der Waals surface area contributed by atoms with E-state index in [1.807, 2.05) is 36.7 Å². The molecule has 6 heteroatoms. The van der Waals surface area contributed by atoms with Crippen molar-refractivity contribution in [2.24, 2.45) is 0 Å². The van der Waals surface area contributed by atoms with Gasteiger partial charge in [-0.3, -0.25) is 30.3 Å². The number of hydrogen-bond acceptors (Lipinski definition) is 5. The molecule has 2 heterocycles. The van der Waals surface area contributed by atoms with E-state index in [0.717, 1.165) is 11.4 Å². The molecule has 0 unspecified atom stereocenters. The summed E-state index contributed by atoms with van der Waals surface area (Å²) in [5, 5.41) is 0. The van der Waals surface area contributed by atoms with Crippen molar-refractivity contribution in [3.63, 3.8) is 0 Å². The third-order valence-corrected chi connectivity index (χ3v) is 2.09. The van der Waals surface area contributed by atoms with Crippen molar-refractivity contribution in [2.75, 3.05) is 0 Å². The maximum absolute atomic E-state index is 7.75. The van der Waals surface area contributed by atoms with E-state index in [4.69, 9.17) is 14.4 Å². The first-order valence-corrected chi connectivity index (χ1v) is 5.32. The first kappa shape index (κ1) is 28.1.